The minimum absolute atomic E-state index is 0.356. The van der Waals surface area contributed by atoms with Crippen molar-refractivity contribution in [2.75, 3.05) is 0 Å². The van der Waals surface area contributed by atoms with E-state index in [1.54, 1.807) is 0 Å². The van der Waals surface area contributed by atoms with E-state index in [9.17, 15) is 0 Å². The Morgan fingerprint density at radius 3 is 2.60 bits per heavy atom. The first-order valence-corrected chi connectivity index (χ1v) is 5.32. The number of ether oxygens (including phenoxy) is 1. The molecule has 0 atom stereocenters. The van der Waals surface area contributed by atoms with Crippen molar-refractivity contribution in [2.24, 2.45) is 0 Å². The fraction of sp³-hybridized carbons (Fsp3) is 0. The third-order valence-electron chi connectivity index (χ3n) is 1.66. The second-order valence-corrected chi connectivity index (χ2v) is 4.05. The van der Waals surface area contributed by atoms with Gasteiger partial charge in [-0.25, -0.2) is 9.97 Å². The Kier molecular flexibility index (Phi) is 3.18. The van der Waals surface area contributed by atoms with Crippen LogP contribution in [0, 0.1) is 0 Å². The lowest BCUT2D eigenvalue weighted by Gasteiger charge is -2.04. The maximum atomic E-state index is 5.85. The summed E-state index contributed by atoms with van der Waals surface area (Å²) in [5.74, 6) is 1.03. The van der Waals surface area contributed by atoms with E-state index in [-0.39, 0.29) is 0 Å². The summed E-state index contributed by atoms with van der Waals surface area (Å²) in [5, 5.41) is 0.389. The van der Waals surface area contributed by atoms with Gasteiger partial charge < -0.3 is 4.74 Å². The van der Waals surface area contributed by atoms with Crippen LogP contribution in [0.4, 0.5) is 0 Å². The predicted octanol–water partition coefficient (Wildman–Crippen LogP) is 3.68. The summed E-state index contributed by atoms with van der Waals surface area (Å²) in [6.45, 7) is 0. The molecular formula is C10H6BrClN2O. The third-order valence-corrected chi connectivity index (χ3v) is 2.45. The van der Waals surface area contributed by atoms with Crippen molar-refractivity contribution in [1.82, 2.24) is 9.97 Å². The maximum absolute atomic E-state index is 5.85. The highest BCUT2D eigenvalue weighted by molar-refractivity contribution is 9.10. The van der Waals surface area contributed by atoms with E-state index in [2.05, 4.69) is 25.9 Å². The van der Waals surface area contributed by atoms with Gasteiger partial charge >= 0.3 is 0 Å². The number of halogens is 2. The lowest BCUT2D eigenvalue weighted by molar-refractivity contribution is 0.461. The number of aromatic nitrogens is 2. The van der Waals surface area contributed by atoms with Crippen LogP contribution in [0.3, 0.4) is 0 Å². The van der Waals surface area contributed by atoms with Gasteiger partial charge in [0.15, 0.2) is 0 Å². The number of hydrogen-bond acceptors (Lipinski definition) is 3. The molecule has 2 aromatic rings. The molecule has 0 unspecified atom stereocenters. The molecule has 15 heavy (non-hydrogen) atoms. The van der Waals surface area contributed by atoms with E-state index >= 15 is 0 Å². The highest BCUT2D eigenvalue weighted by Crippen LogP contribution is 2.26. The van der Waals surface area contributed by atoms with Gasteiger partial charge in [-0.3, -0.25) is 0 Å². The molecule has 0 aliphatic carbocycles. The lowest BCUT2D eigenvalue weighted by atomic mass is 10.3. The number of benzene rings is 1. The van der Waals surface area contributed by atoms with Gasteiger partial charge in [-0.1, -0.05) is 27.5 Å². The Morgan fingerprint density at radius 2 is 1.93 bits per heavy atom. The second-order valence-electron chi connectivity index (χ2n) is 2.73. The summed E-state index contributed by atoms with van der Waals surface area (Å²) in [7, 11) is 0. The average molecular weight is 286 g/mol. The molecule has 0 aliphatic heterocycles. The summed E-state index contributed by atoms with van der Waals surface area (Å²) in [6, 6.07) is 7.40. The summed E-state index contributed by atoms with van der Waals surface area (Å²) in [6.07, 6.45) is 2.88. The molecule has 0 fully saturated rings. The van der Waals surface area contributed by atoms with E-state index in [1.165, 1.54) is 12.5 Å². The van der Waals surface area contributed by atoms with Gasteiger partial charge in [0.1, 0.15) is 17.1 Å². The van der Waals surface area contributed by atoms with Crippen molar-refractivity contribution in [3.05, 3.63) is 46.3 Å². The van der Waals surface area contributed by atoms with Crippen molar-refractivity contribution >= 4 is 27.5 Å². The van der Waals surface area contributed by atoms with Crippen molar-refractivity contribution in [1.29, 1.82) is 0 Å². The smallest absolute Gasteiger partial charge is 0.241 e. The quantitative estimate of drug-likeness (QED) is 0.844. The van der Waals surface area contributed by atoms with Gasteiger partial charge in [0.25, 0.3) is 0 Å². The van der Waals surface area contributed by atoms with Gasteiger partial charge in [0, 0.05) is 4.47 Å². The molecule has 0 aliphatic rings. The van der Waals surface area contributed by atoms with Crippen LogP contribution in [0.1, 0.15) is 0 Å². The van der Waals surface area contributed by atoms with Crippen molar-refractivity contribution in [2.45, 2.75) is 0 Å². The zero-order valence-corrected chi connectivity index (χ0v) is 9.86. The van der Waals surface area contributed by atoms with E-state index in [0.29, 0.717) is 16.7 Å². The van der Waals surface area contributed by atoms with Gasteiger partial charge in [0.2, 0.25) is 5.88 Å². The molecule has 0 N–H and O–H groups in total. The van der Waals surface area contributed by atoms with E-state index in [0.717, 1.165) is 4.47 Å². The van der Waals surface area contributed by atoms with Crippen LogP contribution in [0.2, 0.25) is 5.02 Å². The van der Waals surface area contributed by atoms with Crippen LogP contribution in [-0.4, -0.2) is 9.97 Å². The number of hydrogen-bond donors (Lipinski definition) is 0. The summed E-state index contributed by atoms with van der Waals surface area (Å²) in [5.41, 5.74) is 0. The Morgan fingerprint density at radius 1 is 1.20 bits per heavy atom. The normalized spacial score (nSPS) is 10.0. The van der Waals surface area contributed by atoms with Crippen molar-refractivity contribution < 1.29 is 4.74 Å². The molecule has 0 amide bonds. The highest BCUT2D eigenvalue weighted by Gasteiger charge is 2.03. The molecule has 0 radical (unpaired) electrons. The first kappa shape index (κ1) is 10.4. The molecule has 5 heteroatoms. The van der Waals surface area contributed by atoms with Crippen LogP contribution < -0.4 is 4.74 Å². The minimum Gasteiger partial charge on any atom is -0.437 e. The van der Waals surface area contributed by atoms with Crippen molar-refractivity contribution in [3.63, 3.8) is 0 Å². The standard InChI is InChI=1S/C10H6BrClN2O/c11-7-1-3-8(4-2-7)15-10-9(12)5-13-6-14-10/h1-6H. The first-order valence-electron chi connectivity index (χ1n) is 4.14. The zero-order chi connectivity index (χ0) is 10.7. The molecule has 0 saturated heterocycles. The highest BCUT2D eigenvalue weighted by atomic mass is 79.9. The van der Waals surface area contributed by atoms with Crippen LogP contribution in [0.5, 0.6) is 11.6 Å². The van der Waals surface area contributed by atoms with Crippen LogP contribution in [0.25, 0.3) is 0 Å². The Hall–Kier alpha value is -1.13. The zero-order valence-electron chi connectivity index (χ0n) is 7.52. The third kappa shape index (κ3) is 2.67. The molecule has 0 saturated carbocycles. The maximum Gasteiger partial charge on any atom is 0.241 e. The lowest BCUT2D eigenvalue weighted by Crippen LogP contribution is -1.89. The van der Waals surface area contributed by atoms with E-state index in [1.807, 2.05) is 24.3 Å². The van der Waals surface area contributed by atoms with Crippen LogP contribution >= 0.6 is 27.5 Å². The molecule has 0 bridgehead atoms. The summed E-state index contributed by atoms with van der Waals surface area (Å²) < 4.78 is 6.45. The van der Waals surface area contributed by atoms with Gasteiger partial charge in [-0.2, -0.15) is 0 Å². The van der Waals surface area contributed by atoms with Crippen LogP contribution in [-0.2, 0) is 0 Å². The minimum atomic E-state index is 0.356. The van der Waals surface area contributed by atoms with Gasteiger partial charge in [0.05, 0.1) is 6.20 Å². The Bertz CT molecular complexity index is 461. The molecule has 1 aromatic heterocycles. The molecule has 3 nitrogen and oxygen atoms in total. The number of rotatable bonds is 2. The molecule has 2 rings (SSSR count). The topological polar surface area (TPSA) is 35.0 Å². The van der Waals surface area contributed by atoms with Gasteiger partial charge in [-0.05, 0) is 24.3 Å². The van der Waals surface area contributed by atoms with Gasteiger partial charge in [-0.15, -0.1) is 0 Å². The van der Waals surface area contributed by atoms with Crippen molar-refractivity contribution in [3.8, 4) is 11.6 Å². The predicted molar refractivity (Wildman–Crippen MR) is 61.3 cm³/mol. The largest absolute Gasteiger partial charge is 0.437 e. The fourth-order valence-corrected chi connectivity index (χ4v) is 1.40. The molecular weight excluding hydrogens is 279 g/mol. The molecule has 1 aromatic carbocycles. The van der Waals surface area contributed by atoms with E-state index in [4.69, 9.17) is 16.3 Å². The summed E-state index contributed by atoms with van der Waals surface area (Å²) in [4.78, 5) is 7.69. The second kappa shape index (κ2) is 4.59. The SMILES string of the molecule is Clc1cncnc1Oc1ccc(Br)cc1. The first-order chi connectivity index (χ1) is 7.25. The average Bonchev–Trinajstić information content (AvgIpc) is 2.25. The van der Waals surface area contributed by atoms with Crippen LogP contribution in [0.15, 0.2) is 41.3 Å². The Labute approximate surface area is 100 Å². The summed E-state index contributed by atoms with van der Waals surface area (Å²) >= 11 is 9.18. The number of nitrogens with zero attached hydrogens (tertiary/aromatic N) is 2. The molecule has 1 heterocycles. The Balaban J connectivity index is 2.22. The molecule has 76 valence electrons. The fourth-order valence-electron chi connectivity index (χ4n) is 0.991. The molecule has 0 spiro atoms. The van der Waals surface area contributed by atoms with E-state index < -0.39 is 0 Å². The monoisotopic (exact) mass is 284 g/mol.